The molecule has 90 valence electrons. The van der Waals surface area contributed by atoms with E-state index in [4.69, 9.17) is 4.52 Å². The summed E-state index contributed by atoms with van der Waals surface area (Å²) in [5, 5.41) is 9.28. The molecule has 0 spiro atoms. The molecule has 2 N–H and O–H groups in total. The van der Waals surface area contributed by atoms with E-state index in [0.717, 1.165) is 19.3 Å². The maximum absolute atomic E-state index is 11.5. The highest BCUT2D eigenvalue weighted by Gasteiger charge is 2.11. The number of aryl methyl sites for hydroxylation is 2. The van der Waals surface area contributed by atoms with E-state index in [1.807, 2.05) is 0 Å². The van der Waals surface area contributed by atoms with Gasteiger partial charge in [0.25, 0.3) is 0 Å². The zero-order chi connectivity index (χ0) is 12.0. The number of urea groups is 1. The Hall–Kier alpha value is -1.52. The van der Waals surface area contributed by atoms with Crippen molar-refractivity contribution in [3.63, 3.8) is 0 Å². The smallest absolute Gasteiger partial charge is 0.319 e. The van der Waals surface area contributed by atoms with Crippen LogP contribution in [0.5, 0.6) is 0 Å². The number of hydrogen-bond acceptors (Lipinski definition) is 3. The average molecular weight is 225 g/mol. The van der Waals surface area contributed by atoms with Gasteiger partial charge in [-0.15, -0.1) is 0 Å². The van der Waals surface area contributed by atoms with Crippen LogP contribution in [0.1, 0.15) is 37.6 Å². The zero-order valence-corrected chi connectivity index (χ0v) is 10.1. The van der Waals surface area contributed by atoms with E-state index < -0.39 is 0 Å². The second-order valence-corrected chi connectivity index (χ2v) is 3.79. The summed E-state index contributed by atoms with van der Waals surface area (Å²) in [7, 11) is 0. The Morgan fingerprint density at radius 2 is 2.12 bits per heavy atom. The summed E-state index contributed by atoms with van der Waals surface area (Å²) < 4.78 is 4.95. The van der Waals surface area contributed by atoms with Gasteiger partial charge in [-0.3, -0.25) is 0 Å². The average Bonchev–Trinajstić information content (AvgIpc) is 2.56. The molecule has 1 rings (SSSR count). The minimum absolute atomic E-state index is 0.203. The molecule has 0 fully saturated rings. The monoisotopic (exact) mass is 225 g/mol. The summed E-state index contributed by atoms with van der Waals surface area (Å²) in [6.45, 7) is 6.39. The number of unbranched alkanes of at least 4 members (excludes halogenated alkanes) is 2. The van der Waals surface area contributed by atoms with Crippen molar-refractivity contribution in [2.75, 3.05) is 11.9 Å². The first-order valence-electron chi connectivity index (χ1n) is 5.63. The molecule has 1 aromatic heterocycles. The van der Waals surface area contributed by atoms with E-state index in [1.54, 1.807) is 13.8 Å². The summed E-state index contributed by atoms with van der Waals surface area (Å²) in [5.41, 5.74) is 1.36. The van der Waals surface area contributed by atoms with Crippen LogP contribution < -0.4 is 10.6 Å². The second-order valence-electron chi connectivity index (χ2n) is 3.79. The third-order valence-electron chi connectivity index (χ3n) is 2.34. The van der Waals surface area contributed by atoms with Crippen molar-refractivity contribution < 1.29 is 9.32 Å². The number of carbonyl (C=O) groups excluding carboxylic acids is 1. The quantitative estimate of drug-likeness (QED) is 0.757. The van der Waals surface area contributed by atoms with Gasteiger partial charge in [-0.2, -0.15) is 0 Å². The predicted molar refractivity (Wildman–Crippen MR) is 62.5 cm³/mol. The lowest BCUT2D eigenvalue weighted by Crippen LogP contribution is -2.29. The fraction of sp³-hybridized carbons (Fsp3) is 0.636. The lowest BCUT2D eigenvalue weighted by atomic mass is 10.2. The molecule has 0 saturated heterocycles. The second kappa shape index (κ2) is 6.15. The van der Waals surface area contributed by atoms with Gasteiger partial charge in [-0.25, -0.2) is 4.79 Å². The van der Waals surface area contributed by atoms with E-state index in [-0.39, 0.29) is 6.03 Å². The highest BCUT2D eigenvalue weighted by atomic mass is 16.5. The van der Waals surface area contributed by atoms with Crippen LogP contribution in [0.15, 0.2) is 4.52 Å². The van der Waals surface area contributed by atoms with E-state index in [2.05, 4.69) is 22.7 Å². The molecule has 0 radical (unpaired) electrons. The van der Waals surface area contributed by atoms with Gasteiger partial charge < -0.3 is 15.2 Å². The molecule has 0 bridgehead atoms. The normalized spacial score (nSPS) is 10.2. The Balaban J connectivity index is 2.34. The number of anilines is 1. The number of aromatic nitrogens is 1. The molecule has 1 heterocycles. The molecule has 0 aliphatic rings. The van der Waals surface area contributed by atoms with Crippen LogP contribution in [0.4, 0.5) is 10.5 Å². The Kier molecular flexibility index (Phi) is 4.82. The van der Waals surface area contributed by atoms with E-state index >= 15 is 0 Å². The molecule has 0 saturated carbocycles. The minimum Gasteiger partial charge on any atom is -0.359 e. The molecule has 0 aliphatic heterocycles. The van der Waals surface area contributed by atoms with Crippen LogP contribution in [0, 0.1) is 13.8 Å². The summed E-state index contributed by atoms with van der Waals surface area (Å²) >= 11 is 0. The lowest BCUT2D eigenvalue weighted by Gasteiger charge is -2.06. The van der Waals surface area contributed by atoms with Crippen molar-refractivity contribution in [3.05, 3.63) is 11.5 Å². The first kappa shape index (κ1) is 12.5. The SMILES string of the molecule is CCCCCNC(=O)Nc1c(C)noc1C. The van der Waals surface area contributed by atoms with Crippen LogP contribution in [0.2, 0.25) is 0 Å². The van der Waals surface area contributed by atoms with Crippen molar-refractivity contribution in [2.24, 2.45) is 0 Å². The maximum Gasteiger partial charge on any atom is 0.319 e. The molecular weight excluding hydrogens is 206 g/mol. The third-order valence-corrected chi connectivity index (χ3v) is 2.34. The number of hydrogen-bond donors (Lipinski definition) is 2. The number of carbonyl (C=O) groups is 1. The van der Waals surface area contributed by atoms with Gasteiger partial charge in [0.1, 0.15) is 11.4 Å². The highest BCUT2D eigenvalue weighted by molar-refractivity contribution is 5.90. The maximum atomic E-state index is 11.5. The Morgan fingerprint density at radius 1 is 1.38 bits per heavy atom. The Bertz CT molecular complexity index is 327. The zero-order valence-electron chi connectivity index (χ0n) is 10.1. The molecule has 0 aromatic carbocycles. The van der Waals surface area contributed by atoms with Gasteiger partial charge in [-0.1, -0.05) is 24.9 Å². The number of rotatable bonds is 5. The fourth-order valence-electron chi connectivity index (χ4n) is 1.40. The van der Waals surface area contributed by atoms with E-state index in [9.17, 15) is 4.79 Å². The van der Waals surface area contributed by atoms with Gasteiger partial charge in [0, 0.05) is 6.54 Å². The van der Waals surface area contributed by atoms with E-state index in [1.165, 1.54) is 0 Å². The topological polar surface area (TPSA) is 67.2 Å². The molecule has 5 nitrogen and oxygen atoms in total. The molecule has 0 atom stereocenters. The molecule has 1 aromatic rings. The molecule has 0 unspecified atom stereocenters. The molecule has 16 heavy (non-hydrogen) atoms. The van der Waals surface area contributed by atoms with Gasteiger partial charge in [0.05, 0.1) is 0 Å². The van der Waals surface area contributed by atoms with Crippen LogP contribution in [-0.2, 0) is 0 Å². The van der Waals surface area contributed by atoms with Crippen LogP contribution in [-0.4, -0.2) is 17.7 Å². The van der Waals surface area contributed by atoms with Crippen molar-refractivity contribution in [1.82, 2.24) is 10.5 Å². The van der Waals surface area contributed by atoms with Crippen LogP contribution >= 0.6 is 0 Å². The largest absolute Gasteiger partial charge is 0.359 e. The van der Waals surface area contributed by atoms with Crippen molar-refractivity contribution in [1.29, 1.82) is 0 Å². The van der Waals surface area contributed by atoms with Crippen LogP contribution in [0.25, 0.3) is 0 Å². The van der Waals surface area contributed by atoms with Crippen molar-refractivity contribution in [3.8, 4) is 0 Å². The van der Waals surface area contributed by atoms with E-state index in [0.29, 0.717) is 23.7 Å². The summed E-state index contributed by atoms with van der Waals surface area (Å²) in [4.78, 5) is 11.5. The predicted octanol–water partition coefficient (Wildman–Crippen LogP) is 2.60. The van der Waals surface area contributed by atoms with Crippen molar-refractivity contribution in [2.45, 2.75) is 40.0 Å². The number of nitrogens with zero attached hydrogens (tertiary/aromatic N) is 1. The molecule has 0 aliphatic carbocycles. The van der Waals surface area contributed by atoms with Crippen LogP contribution in [0.3, 0.4) is 0 Å². The molecule has 5 heteroatoms. The highest BCUT2D eigenvalue weighted by Crippen LogP contribution is 2.18. The van der Waals surface area contributed by atoms with Gasteiger partial charge >= 0.3 is 6.03 Å². The first-order chi connectivity index (χ1) is 7.65. The first-order valence-corrected chi connectivity index (χ1v) is 5.63. The number of nitrogens with one attached hydrogen (secondary N) is 2. The van der Waals surface area contributed by atoms with Gasteiger partial charge in [0.2, 0.25) is 0 Å². The Labute approximate surface area is 95.6 Å². The van der Waals surface area contributed by atoms with Crippen molar-refractivity contribution >= 4 is 11.7 Å². The fourth-order valence-corrected chi connectivity index (χ4v) is 1.40. The Morgan fingerprint density at radius 3 is 2.69 bits per heavy atom. The number of amides is 2. The summed E-state index contributed by atoms with van der Waals surface area (Å²) in [5.74, 6) is 0.626. The standard InChI is InChI=1S/C11H19N3O2/c1-4-5-6-7-12-11(15)13-10-8(2)14-16-9(10)3/h4-7H2,1-3H3,(H2,12,13,15). The summed E-state index contributed by atoms with van der Waals surface area (Å²) in [6.07, 6.45) is 3.28. The van der Waals surface area contributed by atoms with Gasteiger partial charge in [-0.05, 0) is 20.3 Å². The molecule has 2 amide bonds. The third kappa shape index (κ3) is 3.56. The lowest BCUT2D eigenvalue weighted by molar-refractivity contribution is 0.252. The molecular formula is C11H19N3O2. The van der Waals surface area contributed by atoms with Gasteiger partial charge in [0.15, 0.2) is 5.76 Å². The minimum atomic E-state index is -0.203. The summed E-state index contributed by atoms with van der Waals surface area (Å²) in [6, 6.07) is -0.203.